The Kier molecular flexibility index (Phi) is 5.40. The van der Waals surface area contributed by atoms with E-state index in [4.69, 9.17) is 0 Å². The molecule has 118 valence electrons. The average Bonchev–Trinajstić information content (AvgIpc) is 2.54. The van der Waals surface area contributed by atoms with Gasteiger partial charge in [0.05, 0.1) is 23.2 Å². The standard InChI is InChI=1S/C16H16N4O3/c1-12-6-2-4-8-14(12)17-11-16(21)19-18-10-13-7-3-5-9-15(13)20(22)23/h2-10,17H,11H2,1H3,(H,19,21). The van der Waals surface area contributed by atoms with Crippen molar-refractivity contribution in [3.05, 3.63) is 69.8 Å². The Hall–Kier alpha value is -3.22. The molecule has 0 spiro atoms. The summed E-state index contributed by atoms with van der Waals surface area (Å²) in [5.41, 5.74) is 4.49. The third-order valence-corrected chi connectivity index (χ3v) is 3.11. The largest absolute Gasteiger partial charge is 0.376 e. The SMILES string of the molecule is Cc1ccccc1NCC(=O)NN=Cc1ccccc1[N+](=O)[O-]. The summed E-state index contributed by atoms with van der Waals surface area (Å²) in [7, 11) is 0. The summed E-state index contributed by atoms with van der Waals surface area (Å²) in [4.78, 5) is 22.1. The van der Waals surface area contributed by atoms with Crippen molar-refractivity contribution in [2.45, 2.75) is 6.92 Å². The van der Waals surface area contributed by atoms with Gasteiger partial charge in [0.1, 0.15) is 0 Å². The molecule has 2 aromatic rings. The Bertz CT molecular complexity index is 744. The lowest BCUT2D eigenvalue weighted by Crippen LogP contribution is -2.26. The van der Waals surface area contributed by atoms with Gasteiger partial charge in [0.15, 0.2) is 0 Å². The molecule has 0 atom stereocenters. The fourth-order valence-corrected chi connectivity index (χ4v) is 1.92. The average molecular weight is 312 g/mol. The molecule has 2 rings (SSSR count). The van der Waals surface area contributed by atoms with E-state index in [0.717, 1.165) is 11.3 Å². The fraction of sp³-hybridized carbons (Fsp3) is 0.125. The molecule has 0 aliphatic carbocycles. The maximum Gasteiger partial charge on any atom is 0.278 e. The molecular weight excluding hydrogens is 296 g/mol. The topological polar surface area (TPSA) is 96.6 Å². The third kappa shape index (κ3) is 4.63. The van der Waals surface area contributed by atoms with Crippen molar-refractivity contribution in [3.8, 4) is 0 Å². The van der Waals surface area contributed by atoms with E-state index in [1.807, 2.05) is 31.2 Å². The summed E-state index contributed by atoms with van der Waals surface area (Å²) >= 11 is 0. The van der Waals surface area contributed by atoms with Gasteiger partial charge in [-0.1, -0.05) is 30.3 Å². The van der Waals surface area contributed by atoms with E-state index >= 15 is 0 Å². The van der Waals surface area contributed by atoms with Crippen LogP contribution in [0.2, 0.25) is 0 Å². The van der Waals surface area contributed by atoms with Gasteiger partial charge in [0.25, 0.3) is 11.6 Å². The molecule has 23 heavy (non-hydrogen) atoms. The molecule has 0 heterocycles. The first-order valence-corrected chi connectivity index (χ1v) is 6.93. The Morgan fingerprint density at radius 1 is 1.22 bits per heavy atom. The molecule has 2 aromatic carbocycles. The number of carbonyl (C=O) groups excluding carboxylic acids is 1. The Balaban J connectivity index is 1.90. The first-order chi connectivity index (χ1) is 11.1. The minimum atomic E-state index is -0.497. The molecule has 1 amide bonds. The second kappa shape index (κ2) is 7.69. The minimum absolute atomic E-state index is 0.0546. The van der Waals surface area contributed by atoms with Crippen LogP contribution >= 0.6 is 0 Å². The zero-order valence-electron chi connectivity index (χ0n) is 12.5. The summed E-state index contributed by atoms with van der Waals surface area (Å²) in [6.07, 6.45) is 1.25. The highest BCUT2D eigenvalue weighted by molar-refractivity contribution is 5.87. The number of anilines is 1. The predicted octanol–water partition coefficient (Wildman–Crippen LogP) is 2.47. The Morgan fingerprint density at radius 2 is 1.91 bits per heavy atom. The zero-order valence-corrected chi connectivity index (χ0v) is 12.5. The van der Waals surface area contributed by atoms with Crippen LogP contribution < -0.4 is 10.7 Å². The monoisotopic (exact) mass is 312 g/mol. The molecule has 7 nitrogen and oxygen atoms in total. The van der Waals surface area contributed by atoms with Crippen LogP contribution in [-0.4, -0.2) is 23.6 Å². The summed E-state index contributed by atoms with van der Waals surface area (Å²) in [5, 5.41) is 17.6. The predicted molar refractivity (Wildman–Crippen MR) is 88.5 cm³/mol. The fourth-order valence-electron chi connectivity index (χ4n) is 1.92. The number of para-hydroxylation sites is 2. The van der Waals surface area contributed by atoms with E-state index in [0.29, 0.717) is 5.56 Å². The highest BCUT2D eigenvalue weighted by Gasteiger charge is 2.10. The van der Waals surface area contributed by atoms with Crippen molar-refractivity contribution in [2.75, 3.05) is 11.9 Å². The van der Waals surface area contributed by atoms with Gasteiger partial charge in [-0.15, -0.1) is 0 Å². The van der Waals surface area contributed by atoms with Crippen LogP contribution in [0.15, 0.2) is 53.6 Å². The summed E-state index contributed by atoms with van der Waals surface area (Å²) < 4.78 is 0. The van der Waals surface area contributed by atoms with Crippen LogP contribution in [0.25, 0.3) is 0 Å². The Labute approximate surface area is 133 Å². The van der Waals surface area contributed by atoms with Crippen molar-refractivity contribution in [1.82, 2.24) is 5.43 Å². The molecule has 0 aromatic heterocycles. The van der Waals surface area contributed by atoms with Crippen LogP contribution in [0.4, 0.5) is 11.4 Å². The van der Waals surface area contributed by atoms with Gasteiger partial charge in [0, 0.05) is 11.8 Å². The molecular formula is C16H16N4O3. The quantitative estimate of drug-likeness (QED) is 0.486. The molecule has 7 heteroatoms. The number of hydrazone groups is 1. The lowest BCUT2D eigenvalue weighted by molar-refractivity contribution is -0.385. The van der Waals surface area contributed by atoms with Crippen molar-refractivity contribution < 1.29 is 9.72 Å². The van der Waals surface area contributed by atoms with Crippen molar-refractivity contribution in [3.63, 3.8) is 0 Å². The maximum absolute atomic E-state index is 11.7. The van der Waals surface area contributed by atoms with Crippen LogP contribution in [0.5, 0.6) is 0 Å². The minimum Gasteiger partial charge on any atom is -0.376 e. The zero-order chi connectivity index (χ0) is 16.7. The molecule has 0 saturated carbocycles. The van der Waals surface area contributed by atoms with Crippen molar-refractivity contribution >= 4 is 23.5 Å². The number of carbonyl (C=O) groups is 1. The summed E-state index contributed by atoms with van der Waals surface area (Å²) in [6, 6.07) is 13.8. The van der Waals surface area contributed by atoms with Crippen LogP contribution in [0.3, 0.4) is 0 Å². The van der Waals surface area contributed by atoms with Gasteiger partial charge in [0.2, 0.25) is 0 Å². The van der Waals surface area contributed by atoms with Gasteiger partial charge in [-0.05, 0) is 24.6 Å². The van der Waals surface area contributed by atoms with Gasteiger partial charge in [-0.2, -0.15) is 5.10 Å². The van der Waals surface area contributed by atoms with Crippen LogP contribution in [0.1, 0.15) is 11.1 Å². The number of nitro benzene ring substituents is 1. The van der Waals surface area contributed by atoms with E-state index in [2.05, 4.69) is 15.8 Å². The molecule has 0 aliphatic heterocycles. The number of hydrogen-bond acceptors (Lipinski definition) is 5. The second-order valence-corrected chi connectivity index (χ2v) is 4.78. The number of rotatable bonds is 6. The second-order valence-electron chi connectivity index (χ2n) is 4.78. The summed E-state index contributed by atoms with van der Waals surface area (Å²) in [6.45, 7) is 1.99. The summed E-state index contributed by atoms with van der Waals surface area (Å²) in [5.74, 6) is -0.344. The maximum atomic E-state index is 11.7. The molecule has 0 unspecified atom stereocenters. The van der Waals surface area contributed by atoms with Crippen LogP contribution in [0, 0.1) is 17.0 Å². The van der Waals surface area contributed by atoms with E-state index in [-0.39, 0.29) is 18.1 Å². The molecule has 0 aliphatic rings. The van der Waals surface area contributed by atoms with Gasteiger partial charge < -0.3 is 5.32 Å². The lowest BCUT2D eigenvalue weighted by Gasteiger charge is -2.07. The number of benzene rings is 2. The van der Waals surface area contributed by atoms with Gasteiger partial charge in [-0.3, -0.25) is 14.9 Å². The number of nitrogens with one attached hydrogen (secondary N) is 2. The van der Waals surface area contributed by atoms with E-state index in [1.165, 1.54) is 12.3 Å². The van der Waals surface area contributed by atoms with Crippen LogP contribution in [-0.2, 0) is 4.79 Å². The highest BCUT2D eigenvalue weighted by Crippen LogP contribution is 2.15. The number of aryl methyl sites for hydroxylation is 1. The molecule has 0 saturated heterocycles. The number of hydrogen-bond donors (Lipinski definition) is 2. The number of nitro groups is 1. The smallest absolute Gasteiger partial charge is 0.278 e. The molecule has 0 fully saturated rings. The number of amides is 1. The number of nitrogens with zero attached hydrogens (tertiary/aromatic N) is 2. The van der Waals surface area contributed by atoms with Gasteiger partial charge in [-0.25, -0.2) is 5.43 Å². The van der Waals surface area contributed by atoms with Crippen molar-refractivity contribution in [1.29, 1.82) is 0 Å². The molecule has 0 radical (unpaired) electrons. The van der Waals surface area contributed by atoms with Gasteiger partial charge >= 0.3 is 0 Å². The van der Waals surface area contributed by atoms with E-state index in [1.54, 1.807) is 18.2 Å². The first-order valence-electron chi connectivity index (χ1n) is 6.93. The Morgan fingerprint density at radius 3 is 2.65 bits per heavy atom. The normalized spacial score (nSPS) is 10.5. The first kappa shape index (κ1) is 16.2. The van der Waals surface area contributed by atoms with E-state index < -0.39 is 4.92 Å². The van der Waals surface area contributed by atoms with Crippen molar-refractivity contribution in [2.24, 2.45) is 5.10 Å². The third-order valence-electron chi connectivity index (χ3n) is 3.11. The van der Waals surface area contributed by atoms with E-state index in [9.17, 15) is 14.9 Å². The molecule has 2 N–H and O–H groups in total. The molecule has 0 bridgehead atoms. The highest BCUT2D eigenvalue weighted by atomic mass is 16.6. The lowest BCUT2D eigenvalue weighted by atomic mass is 10.2.